The summed E-state index contributed by atoms with van der Waals surface area (Å²) in [5, 5.41) is 1.36. The summed E-state index contributed by atoms with van der Waals surface area (Å²) < 4.78 is 0. The van der Waals surface area contributed by atoms with E-state index >= 15 is 0 Å². The van der Waals surface area contributed by atoms with Crippen LogP contribution in [0.5, 0.6) is 0 Å². The predicted octanol–water partition coefficient (Wildman–Crippen LogP) is 5.22. The first kappa shape index (κ1) is 16.8. The fourth-order valence-electron chi connectivity index (χ4n) is 2.24. The second-order valence-corrected chi connectivity index (χ2v) is 6.31. The molecular weight excluding hydrogens is 369 g/mol. The SMILES string of the molecule is O=C(c1ccc(Cl)cc1Cl)N(Cc1ncc[nH]1)c1ccc(Cl)cc1. The van der Waals surface area contributed by atoms with Gasteiger partial charge in [-0.15, -0.1) is 0 Å². The zero-order valence-corrected chi connectivity index (χ0v) is 14.6. The standard InChI is InChI=1S/C17H12Cl3N3O/c18-11-1-4-13(5-2-11)23(10-16-21-7-8-22-16)17(24)14-6-3-12(19)9-15(14)20/h1-9H,10H2,(H,21,22). The molecule has 0 fully saturated rings. The van der Waals surface area contributed by atoms with Crippen molar-refractivity contribution < 1.29 is 4.79 Å². The maximum atomic E-state index is 13.0. The lowest BCUT2D eigenvalue weighted by atomic mass is 10.1. The molecule has 0 aliphatic carbocycles. The molecule has 3 rings (SSSR count). The molecule has 3 aromatic rings. The first-order chi connectivity index (χ1) is 11.5. The quantitative estimate of drug-likeness (QED) is 0.675. The van der Waals surface area contributed by atoms with Gasteiger partial charge in [-0.1, -0.05) is 34.8 Å². The second kappa shape index (κ2) is 7.26. The largest absolute Gasteiger partial charge is 0.347 e. The van der Waals surface area contributed by atoms with Crippen molar-refractivity contribution in [1.29, 1.82) is 0 Å². The monoisotopic (exact) mass is 379 g/mol. The van der Waals surface area contributed by atoms with Crippen LogP contribution in [0.25, 0.3) is 0 Å². The van der Waals surface area contributed by atoms with Crippen molar-refractivity contribution in [2.75, 3.05) is 4.90 Å². The van der Waals surface area contributed by atoms with Crippen LogP contribution < -0.4 is 4.90 Å². The normalized spacial score (nSPS) is 10.6. The molecule has 1 heterocycles. The van der Waals surface area contributed by atoms with E-state index in [0.717, 1.165) is 0 Å². The molecule has 24 heavy (non-hydrogen) atoms. The summed E-state index contributed by atoms with van der Waals surface area (Å²) in [7, 11) is 0. The van der Waals surface area contributed by atoms with Crippen LogP contribution in [0, 0.1) is 0 Å². The maximum absolute atomic E-state index is 13.0. The molecule has 0 saturated heterocycles. The number of carbonyl (C=O) groups excluding carboxylic acids is 1. The van der Waals surface area contributed by atoms with Gasteiger partial charge in [-0.25, -0.2) is 4.98 Å². The van der Waals surface area contributed by atoms with E-state index in [2.05, 4.69) is 9.97 Å². The van der Waals surface area contributed by atoms with Crippen molar-refractivity contribution >= 4 is 46.4 Å². The first-order valence-corrected chi connectivity index (χ1v) is 8.19. The van der Waals surface area contributed by atoms with E-state index in [0.29, 0.717) is 32.1 Å². The van der Waals surface area contributed by atoms with Gasteiger partial charge in [-0.2, -0.15) is 0 Å². The Balaban J connectivity index is 1.99. The number of aromatic amines is 1. The lowest BCUT2D eigenvalue weighted by molar-refractivity contribution is 0.0984. The zero-order valence-electron chi connectivity index (χ0n) is 12.3. The van der Waals surface area contributed by atoms with Gasteiger partial charge >= 0.3 is 0 Å². The van der Waals surface area contributed by atoms with Gasteiger partial charge < -0.3 is 9.88 Å². The van der Waals surface area contributed by atoms with E-state index in [-0.39, 0.29) is 12.5 Å². The molecule has 1 amide bonds. The molecule has 0 unspecified atom stereocenters. The molecule has 1 aromatic heterocycles. The minimum absolute atomic E-state index is 0.254. The summed E-state index contributed by atoms with van der Waals surface area (Å²) in [6.07, 6.45) is 3.34. The molecule has 0 spiro atoms. The molecule has 122 valence electrons. The highest BCUT2D eigenvalue weighted by Crippen LogP contribution is 2.26. The molecule has 0 saturated carbocycles. The van der Waals surface area contributed by atoms with Gasteiger partial charge in [-0.3, -0.25) is 4.79 Å². The fraction of sp³-hybridized carbons (Fsp3) is 0.0588. The highest BCUT2D eigenvalue weighted by molar-refractivity contribution is 6.37. The van der Waals surface area contributed by atoms with Gasteiger partial charge in [-0.05, 0) is 42.5 Å². The first-order valence-electron chi connectivity index (χ1n) is 7.05. The van der Waals surface area contributed by atoms with E-state index in [4.69, 9.17) is 34.8 Å². The molecule has 2 aromatic carbocycles. The number of nitrogens with zero attached hydrogens (tertiary/aromatic N) is 2. The number of amides is 1. The minimum atomic E-state index is -0.254. The van der Waals surface area contributed by atoms with Gasteiger partial charge in [0.05, 0.1) is 17.1 Å². The minimum Gasteiger partial charge on any atom is -0.347 e. The summed E-state index contributed by atoms with van der Waals surface area (Å²) >= 11 is 18.0. The number of anilines is 1. The highest BCUT2D eigenvalue weighted by Gasteiger charge is 2.21. The zero-order chi connectivity index (χ0) is 17.1. The Hall–Kier alpha value is -2.01. The Morgan fingerprint density at radius 3 is 2.38 bits per heavy atom. The van der Waals surface area contributed by atoms with Crippen LogP contribution in [0.15, 0.2) is 54.9 Å². The number of benzene rings is 2. The molecule has 4 nitrogen and oxygen atoms in total. The number of H-pyrrole nitrogens is 1. The third-order valence-corrected chi connectivity index (χ3v) is 4.21. The summed E-state index contributed by atoms with van der Waals surface area (Å²) in [5.41, 5.74) is 1.05. The van der Waals surface area contributed by atoms with E-state index in [9.17, 15) is 4.79 Å². The second-order valence-electron chi connectivity index (χ2n) is 5.03. The lowest BCUT2D eigenvalue weighted by Gasteiger charge is -2.22. The number of imidazole rings is 1. The molecule has 0 radical (unpaired) electrons. The third kappa shape index (κ3) is 3.73. The summed E-state index contributed by atoms with van der Waals surface area (Å²) in [4.78, 5) is 21.8. The molecule has 1 N–H and O–H groups in total. The number of carbonyl (C=O) groups is 1. The van der Waals surface area contributed by atoms with Gasteiger partial charge in [0.2, 0.25) is 0 Å². The van der Waals surface area contributed by atoms with Crippen LogP contribution in [0.2, 0.25) is 15.1 Å². The predicted molar refractivity (Wildman–Crippen MR) is 97.0 cm³/mol. The van der Waals surface area contributed by atoms with Crippen LogP contribution in [0.3, 0.4) is 0 Å². The Morgan fingerprint density at radius 1 is 1.04 bits per heavy atom. The topological polar surface area (TPSA) is 49.0 Å². The van der Waals surface area contributed by atoms with Crippen LogP contribution in [0.4, 0.5) is 5.69 Å². The van der Waals surface area contributed by atoms with Crippen molar-refractivity contribution in [3.8, 4) is 0 Å². The number of hydrogen-bond acceptors (Lipinski definition) is 2. The third-order valence-electron chi connectivity index (χ3n) is 3.41. The van der Waals surface area contributed by atoms with Crippen LogP contribution in [0.1, 0.15) is 16.2 Å². The Labute approximate surface area is 154 Å². The number of rotatable bonds is 4. The molecular formula is C17H12Cl3N3O. The van der Waals surface area contributed by atoms with Gasteiger partial charge in [0.1, 0.15) is 5.82 Å². The van der Waals surface area contributed by atoms with Gasteiger partial charge in [0.15, 0.2) is 0 Å². The van der Waals surface area contributed by atoms with Crippen molar-refractivity contribution in [2.45, 2.75) is 6.54 Å². The van der Waals surface area contributed by atoms with Crippen molar-refractivity contribution in [2.24, 2.45) is 0 Å². The number of hydrogen-bond donors (Lipinski definition) is 1. The molecule has 0 bridgehead atoms. The summed E-state index contributed by atoms with van der Waals surface area (Å²) in [5.74, 6) is 0.402. The van der Waals surface area contributed by atoms with E-state index in [1.165, 1.54) is 0 Å². The summed E-state index contributed by atoms with van der Waals surface area (Å²) in [6, 6.07) is 11.8. The van der Waals surface area contributed by atoms with E-state index in [1.807, 2.05) is 0 Å². The average Bonchev–Trinajstić information content (AvgIpc) is 3.06. The van der Waals surface area contributed by atoms with Crippen molar-refractivity contribution in [3.63, 3.8) is 0 Å². The van der Waals surface area contributed by atoms with Crippen LogP contribution in [-0.4, -0.2) is 15.9 Å². The van der Waals surface area contributed by atoms with Gasteiger partial charge in [0, 0.05) is 28.1 Å². The van der Waals surface area contributed by atoms with E-state index in [1.54, 1.807) is 59.8 Å². The lowest BCUT2D eigenvalue weighted by Crippen LogP contribution is -2.31. The smallest absolute Gasteiger partial charge is 0.260 e. The number of nitrogens with one attached hydrogen (secondary N) is 1. The highest BCUT2D eigenvalue weighted by atomic mass is 35.5. The summed E-state index contributed by atoms with van der Waals surface area (Å²) in [6.45, 7) is 0.270. The van der Waals surface area contributed by atoms with Crippen LogP contribution >= 0.6 is 34.8 Å². The van der Waals surface area contributed by atoms with E-state index < -0.39 is 0 Å². The maximum Gasteiger partial charge on any atom is 0.260 e. The average molecular weight is 381 g/mol. The Kier molecular flexibility index (Phi) is 5.09. The molecule has 0 atom stereocenters. The van der Waals surface area contributed by atoms with Crippen LogP contribution in [-0.2, 0) is 6.54 Å². The fourth-order valence-corrected chi connectivity index (χ4v) is 2.86. The molecule has 0 aliphatic rings. The Bertz CT molecular complexity index is 848. The molecule has 0 aliphatic heterocycles. The van der Waals surface area contributed by atoms with Gasteiger partial charge in [0.25, 0.3) is 5.91 Å². The van der Waals surface area contributed by atoms with Crippen molar-refractivity contribution in [1.82, 2.24) is 9.97 Å². The van der Waals surface area contributed by atoms with Crippen molar-refractivity contribution in [3.05, 3.63) is 81.3 Å². The Morgan fingerprint density at radius 2 is 1.75 bits per heavy atom. The molecule has 7 heteroatoms. The number of aromatic nitrogens is 2. The number of halogens is 3.